The zero-order chi connectivity index (χ0) is 36.8. The van der Waals surface area contributed by atoms with Gasteiger partial charge in [0.15, 0.2) is 0 Å². The Labute approximate surface area is 322 Å². The molecule has 2 aliphatic heterocycles. The van der Waals surface area contributed by atoms with E-state index in [4.69, 9.17) is 0 Å². The number of benzene rings is 6. The Hall–Kier alpha value is -6.52. The summed E-state index contributed by atoms with van der Waals surface area (Å²) in [5.41, 5.74) is 19.6. The number of aromatic nitrogens is 2. The molecular weight excluding hydrogens is 669 g/mol. The maximum absolute atomic E-state index is 2.52. The Bertz CT molecular complexity index is 2900. The minimum absolute atomic E-state index is 0.953. The molecule has 0 amide bonds. The molecule has 0 saturated heterocycles. The van der Waals surface area contributed by atoms with Crippen molar-refractivity contribution in [2.24, 2.45) is 14.1 Å². The van der Waals surface area contributed by atoms with E-state index in [1.54, 1.807) is 0 Å². The molecule has 0 bridgehead atoms. The van der Waals surface area contributed by atoms with Crippen LogP contribution in [0.25, 0.3) is 38.7 Å². The van der Waals surface area contributed by atoms with E-state index in [0.717, 1.165) is 25.7 Å². The average Bonchev–Trinajstić information content (AvgIpc) is 3.53. The summed E-state index contributed by atoms with van der Waals surface area (Å²) >= 11 is 0. The molecule has 4 heteroatoms. The van der Waals surface area contributed by atoms with Crippen LogP contribution >= 0.6 is 0 Å². The van der Waals surface area contributed by atoms with Crippen LogP contribution in [0.15, 0.2) is 151 Å². The Morgan fingerprint density at radius 3 is 1.67 bits per heavy atom. The fraction of sp³-hybridized carbons (Fsp3) is 0.137. The van der Waals surface area contributed by atoms with Crippen LogP contribution in [0, 0.1) is 6.92 Å². The topological polar surface area (TPSA) is 16.3 Å². The molecule has 0 saturated carbocycles. The number of allylic oxidation sites excluding steroid dienone is 1. The Kier molecular flexibility index (Phi) is 7.12. The highest BCUT2D eigenvalue weighted by atomic mass is 15.2. The smallest absolute Gasteiger partial charge is 0.0509 e. The van der Waals surface area contributed by atoms with Crippen molar-refractivity contribution in [3.05, 3.63) is 190 Å². The summed E-state index contributed by atoms with van der Waals surface area (Å²) < 4.78 is 4.71. The van der Waals surface area contributed by atoms with Crippen LogP contribution in [0.4, 0.5) is 28.4 Å². The molecule has 0 unspecified atom stereocenters. The largest absolute Gasteiger partial charge is 0.351 e. The molecule has 3 aliphatic rings. The van der Waals surface area contributed by atoms with Gasteiger partial charge in [0, 0.05) is 89.3 Å². The number of hydrogen-bond donors (Lipinski definition) is 0. The monoisotopic (exact) mass is 710 g/mol. The first-order valence-corrected chi connectivity index (χ1v) is 19.5. The molecule has 2 aromatic heterocycles. The molecule has 11 rings (SSSR count). The van der Waals surface area contributed by atoms with Crippen molar-refractivity contribution in [3.8, 4) is 0 Å². The molecule has 0 radical (unpaired) electrons. The zero-order valence-electron chi connectivity index (χ0n) is 31.6. The van der Waals surface area contributed by atoms with E-state index in [0.29, 0.717) is 0 Å². The summed E-state index contributed by atoms with van der Waals surface area (Å²) in [6, 6.07) is 51.9. The van der Waals surface area contributed by atoms with Crippen molar-refractivity contribution in [3.63, 3.8) is 0 Å². The first-order chi connectivity index (χ1) is 27.0. The number of hydrogen-bond acceptors (Lipinski definition) is 2. The molecule has 8 aromatic rings. The van der Waals surface area contributed by atoms with E-state index >= 15 is 0 Å². The lowest BCUT2D eigenvalue weighted by Gasteiger charge is -2.36. The van der Waals surface area contributed by atoms with E-state index in [9.17, 15) is 0 Å². The van der Waals surface area contributed by atoms with Crippen molar-refractivity contribution in [1.29, 1.82) is 0 Å². The normalized spacial score (nSPS) is 14.2. The van der Waals surface area contributed by atoms with Gasteiger partial charge in [0.2, 0.25) is 0 Å². The van der Waals surface area contributed by atoms with Crippen molar-refractivity contribution >= 4 is 67.1 Å². The van der Waals surface area contributed by atoms with Crippen molar-refractivity contribution in [2.75, 3.05) is 9.80 Å². The highest BCUT2D eigenvalue weighted by Crippen LogP contribution is 2.47. The van der Waals surface area contributed by atoms with Gasteiger partial charge in [0.05, 0.1) is 5.52 Å². The third-order valence-corrected chi connectivity index (χ3v) is 12.5. The van der Waals surface area contributed by atoms with Crippen LogP contribution in [0.1, 0.15) is 45.5 Å². The molecule has 55 heavy (non-hydrogen) atoms. The van der Waals surface area contributed by atoms with Gasteiger partial charge in [-0.15, -0.1) is 0 Å². The third-order valence-electron chi connectivity index (χ3n) is 12.5. The predicted octanol–water partition coefficient (Wildman–Crippen LogP) is 12.7. The first kappa shape index (κ1) is 32.0. The third kappa shape index (κ3) is 4.84. The summed E-state index contributed by atoms with van der Waals surface area (Å²) in [5, 5.41) is 5.18. The number of rotatable bonds is 2. The Balaban J connectivity index is 1.09. The van der Waals surface area contributed by atoms with Gasteiger partial charge in [-0.2, -0.15) is 0 Å². The summed E-state index contributed by atoms with van der Waals surface area (Å²) in [5.74, 6) is 0. The van der Waals surface area contributed by atoms with Crippen molar-refractivity contribution in [1.82, 2.24) is 9.13 Å². The molecule has 4 heterocycles. The second-order valence-corrected chi connectivity index (χ2v) is 15.5. The van der Waals surface area contributed by atoms with E-state index in [1.807, 2.05) is 0 Å². The fourth-order valence-corrected chi connectivity index (χ4v) is 9.80. The van der Waals surface area contributed by atoms with E-state index < -0.39 is 0 Å². The highest BCUT2D eigenvalue weighted by molar-refractivity contribution is 6.21. The maximum atomic E-state index is 2.52. The van der Waals surface area contributed by atoms with Gasteiger partial charge >= 0.3 is 0 Å². The number of anilines is 5. The average molecular weight is 711 g/mol. The Morgan fingerprint density at radius 1 is 0.491 bits per heavy atom. The van der Waals surface area contributed by atoms with Crippen LogP contribution in [0.2, 0.25) is 0 Å². The minimum atomic E-state index is 0.953. The van der Waals surface area contributed by atoms with E-state index in [-0.39, 0.29) is 0 Å². The molecule has 0 atom stereocenters. The summed E-state index contributed by atoms with van der Waals surface area (Å²) in [6.07, 6.45) is 8.55. The summed E-state index contributed by atoms with van der Waals surface area (Å²) in [4.78, 5) is 4.97. The minimum Gasteiger partial charge on any atom is -0.351 e. The second-order valence-electron chi connectivity index (χ2n) is 15.5. The molecule has 1 aliphatic carbocycles. The SMILES string of the molecule is Cc1c2c(n(C)cccc3c1ccc1c3c3ccc(N4c5ccccc5Cc5ccccc54)cc3n1C)C=C(N1c3ccccc3Cc3ccccc31)CC2. The number of para-hydroxylation sites is 4. The molecule has 0 fully saturated rings. The quantitative estimate of drug-likeness (QED) is 0.178. The molecule has 4 nitrogen and oxygen atoms in total. The lowest BCUT2D eigenvalue weighted by atomic mass is 9.90. The predicted molar refractivity (Wildman–Crippen MR) is 231 cm³/mol. The van der Waals surface area contributed by atoms with Crippen LogP contribution in [0.3, 0.4) is 0 Å². The molecular formula is C51H42N4. The standard InChI is InChI=1S/C51H42N4/c1-33-40-26-27-48-51(43-25-23-39(32-50(43)53(48)3)55-46-20-10-6-15-36(46)30-37-16-7-11-21-47(37)55)42(40)17-12-28-52(2)49-31-38(22-24-41(33)49)54-44-18-8-4-13-34(44)29-35-14-5-9-19-45(35)54/h4-21,23,25-28,31-32H,22,24,29-30H2,1-3H3. The zero-order valence-corrected chi connectivity index (χ0v) is 31.6. The van der Waals surface area contributed by atoms with Crippen LogP contribution in [0.5, 0.6) is 0 Å². The van der Waals surface area contributed by atoms with E-state index in [2.05, 4.69) is 192 Å². The second kappa shape index (κ2) is 12.3. The lowest BCUT2D eigenvalue weighted by molar-refractivity contribution is 0.818. The summed E-state index contributed by atoms with van der Waals surface area (Å²) in [6.45, 7) is 2.34. The van der Waals surface area contributed by atoms with Gasteiger partial charge < -0.3 is 18.9 Å². The fourth-order valence-electron chi connectivity index (χ4n) is 9.80. The number of fused-ring (bicyclic) bond motifs is 10. The lowest BCUT2D eigenvalue weighted by Crippen LogP contribution is -2.25. The van der Waals surface area contributed by atoms with Crippen molar-refractivity contribution in [2.45, 2.75) is 32.6 Å². The summed E-state index contributed by atoms with van der Waals surface area (Å²) in [7, 11) is 4.42. The highest BCUT2D eigenvalue weighted by Gasteiger charge is 2.28. The molecule has 0 spiro atoms. The van der Waals surface area contributed by atoms with Gasteiger partial charge in [0.25, 0.3) is 0 Å². The van der Waals surface area contributed by atoms with Gasteiger partial charge in [-0.05, 0) is 119 Å². The van der Waals surface area contributed by atoms with E-state index in [1.165, 1.54) is 106 Å². The number of aryl methyl sites for hydroxylation is 3. The number of nitrogens with zero attached hydrogens (tertiary/aromatic N) is 4. The van der Waals surface area contributed by atoms with Crippen molar-refractivity contribution < 1.29 is 0 Å². The maximum Gasteiger partial charge on any atom is 0.0509 e. The van der Waals surface area contributed by atoms with Gasteiger partial charge in [0.1, 0.15) is 0 Å². The Morgan fingerprint density at radius 2 is 1.05 bits per heavy atom. The molecule has 0 N–H and O–H groups in total. The van der Waals surface area contributed by atoms with Crippen LogP contribution in [-0.4, -0.2) is 9.13 Å². The van der Waals surface area contributed by atoms with Gasteiger partial charge in [-0.3, -0.25) is 0 Å². The van der Waals surface area contributed by atoms with Gasteiger partial charge in [-0.1, -0.05) is 91.0 Å². The first-order valence-electron chi connectivity index (χ1n) is 19.5. The molecule has 266 valence electrons. The van der Waals surface area contributed by atoms with Gasteiger partial charge in [-0.25, -0.2) is 0 Å². The molecule has 6 aromatic carbocycles. The van der Waals surface area contributed by atoms with Crippen LogP contribution in [-0.2, 0) is 33.4 Å². The van der Waals surface area contributed by atoms with Crippen LogP contribution < -0.4 is 9.80 Å².